The van der Waals surface area contributed by atoms with E-state index in [9.17, 15) is 10.1 Å². The largest absolute Gasteiger partial charge is 0.377 e. The first-order valence-corrected chi connectivity index (χ1v) is 7.12. The third kappa shape index (κ3) is 3.34. The van der Waals surface area contributed by atoms with E-state index in [0.29, 0.717) is 0 Å². The van der Waals surface area contributed by atoms with Crippen LogP contribution in [0.2, 0.25) is 0 Å². The molecule has 0 aliphatic heterocycles. The molecule has 0 amide bonds. The summed E-state index contributed by atoms with van der Waals surface area (Å²) in [5.41, 5.74) is 2.58. The van der Waals surface area contributed by atoms with Crippen LogP contribution >= 0.6 is 0 Å². The number of non-ortho nitro benzene ring substituents is 1. The summed E-state index contributed by atoms with van der Waals surface area (Å²) in [5, 5.41) is 22.2. The molecule has 0 bridgehead atoms. The van der Waals surface area contributed by atoms with Gasteiger partial charge >= 0.3 is 0 Å². The fourth-order valence-electron chi connectivity index (χ4n) is 2.19. The summed E-state index contributed by atoms with van der Waals surface area (Å²) in [6, 6.07) is 15.9. The van der Waals surface area contributed by atoms with Gasteiger partial charge in [-0.05, 0) is 31.2 Å². The topological polar surface area (TPSA) is 85.9 Å². The Labute approximate surface area is 132 Å². The summed E-state index contributed by atoms with van der Waals surface area (Å²) in [7, 11) is 0. The number of para-hydroxylation sites is 1. The van der Waals surface area contributed by atoms with Crippen molar-refractivity contribution < 1.29 is 4.92 Å². The molecule has 1 atom stereocenters. The number of anilines is 1. The van der Waals surface area contributed by atoms with Crippen molar-refractivity contribution in [1.29, 1.82) is 0 Å². The fourth-order valence-corrected chi connectivity index (χ4v) is 2.19. The summed E-state index contributed by atoms with van der Waals surface area (Å²) in [6.07, 6.45) is 1.86. The number of nitrogens with one attached hydrogen (secondary N) is 1. The van der Waals surface area contributed by atoms with Crippen molar-refractivity contribution in [1.82, 2.24) is 15.0 Å². The summed E-state index contributed by atoms with van der Waals surface area (Å²) in [6.45, 7) is 1.96. The molecule has 0 spiro atoms. The zero-order valence-corrected chi connectivity index (χ0v) is 12.5. The highest BCUT2D eigenvalue weighted by Gasteiger charge is 2.11. The molecule has 0 aliphatic carbocycles. The Hall–Kier alpha value is -3.22. The number of nitro groups is 1. The van der Waals surface area contributed by atoms with Crippen molar-refractivity contribution in [2.75, 3.05) is 5.32 Å². The van der Waals surface area contributed by atoms with Crippen LogP contribution in [0.4, 0.5) is 11.4 Å². The normalized spacial score (nSPS) is 11.9. The third-order valence-corrected chi connectivity index (χ3v) is 3.44. The number of rotatable bonds is 5. The molecule has 7 heteroatoms. The fraction of sp³-hybridized carbons (Fsp3) is 0.125. The second-order valence-electron chi connectivity index (χ2n) is 5.09. The van der Waals surface area contributed by atoms with Crippen LogP contribution in [0.15, 0.2) is 60.8 Å². The maximum absolute atomic E-state index is 10.7. The van der Waals surface area contributed by atoms with Gasteiger partial charge in [0.1, 0.15) is 5.69 Å². The smallest absolute Gasteiger partial charge is 0.269 e. The molecule has 2 aromatic carbocycles. The molecular formula is C16H15N5O2. The first-order chi connectivity index (χ1) is 11.1. The lowest BCUT2D eigenvalue weighted by molar-refractivity contribution is -0.384. The Morgan fingerprint density at radius 1 is 1.13 bits per heavy atom. The summed E-state index contributed by atoms with van der Waals surface area (Å²) in [4.78, 5) is 10.2. The van der Waals surface area contributed by atoms with E-state index < -0.39 is 4.92 Å². The summed E-state index contributed by atoms with van der Waals surface area (Å²) in [5.74, 6) is 0. The monoisotopic (exact) mass is 309 g/mol. The number of hydrogen-bond donors (Lipinski definition) is 1. The van der Waals surface area contributed by atoms with Gasteiger partial charge in [-0.3, -0.25) is 10.1 Å². The molecule has 3 rings (SSSR count). The minimum atomic E-state index is -0.418. The number of hydrogen-bond acceptors (Lipinski definition) is 5. The molecule has 0 fully saturated rings. The van der Waals surface area contributed by atoms with Gasteiger partial charge in [0.2, 0.25) is 0 Å². The number of aromatic nitrogens is 3. The van der Waals surface area contributed by atoms with Gasteiger partial charge in [0, 0.05) is 17.8 Å². The molecule has 23 heavy (non-hydrogen) atoms. The maximum Gasteiger partial charge on any atom is 0.269 e. The lowest BCUT2D eigenvalue weighted by Gasteiger charge is -2.12. The van der Waals surface area contributed by atoms with E-state index in [0.717, 1.165) is 17.1 Å². The van der Waals surface area contributed by atoms with Crippen molar-refractivity contribution >= 4 is 11.4 Å². The number of nitrogens with zero attached hydrogens (tertiary/aromatic N) is 4. The van der Waals surface area contributed by atoms with Gasteiger partial charge in [0.25, 0.3) is 5.69 Å². The molecular weight excluding hydrogens is 294 g/mol. The number of nitro benzene ring substituents is 1. The Bertz CT molecular complexity index is 799. The third-order valence-electron chi connectivity index (χ3n) is 3.44. The Morgan fingerprint density at radius 2 is 1.83 bits per heavy atom. The lowest BCUT2D eigenvalue weighted by atomic mass is 10.2. The first-order valence-electron chi connectivity index (χ1n) is 7.12. The standard InChI is InChI=1S/C16H15N5O2/c1-12(17-13-7-9-15(10-8-13)21(22)23)16-11-20(19-18-16)14-5-3-2-4-6-14/h2-12,17H,1H3. The summed E-state index contributed by atoms with van der Waals surface area (Å²) < 4.78 is 1.71. The quantitative estimate of drug-likeness (QED) is 0.577. The van der Waals surface area contributed by atoms with E-state index in [1.54, 1.807) is 16.8 Å². The minimum absolute atomic E-state index is 0.0678. The highest BCUT2D eigenvalue weighted by atomic mass is 16.6. The van der Waals surface area contributed by atoms with Crippen LogP contribution in [-0.2, 0) is 0 Å². The Kier molecular flexibility index (Phi) is 4.01. The van der Waals surface area contributed by atoms with Crippen LogP contribution in [0, 0.1) is 10.1 Å². The zero-order chi connectivity index (χ0) is 16.2. The van der Waals surface area contributed by atoms with Crippen LogP contribution in [0.25, 0.3) is 5.69 Å². The SMILES string of the molecule is CC(Nc1ccc([N+](=O)[O-])cc1)c1cn(-c2ccccc2)nn1. The van der Waals surface area contributed by atoms with Crippen LogP contribution in [-0.4, -0.2) is 19.9 Å². The first kappa shape index (κ1) is 14.7. The minimum Gasteiger partial charge on any atom is -0.377 e. The van der Waals surface area contributed by atoms with Crippen LogP contribution in [0.3, 0.4) is 0 Å². The van der Waals surface area contributed by atoms with E-state index >= 15 is 0 Å². The van der Waals surface area contributed by atoms with Gasteiger partial charge in [-0.15, -0.1) is 5.10 Å². The van der Waals surface area contributed by atoms with Gasteiger partial charge in [-0.2, -0.15) is 0 Å². The second-order valence-corrected chi connectivity index (χ2v) is 5.09. The van der Waals surface area contributed by atoms with E-state index in [1.165, 1.54) is 12.1 Å². The highest BCUT2D eigenvalue weighted by molar-refractivity contribution is 5.49. The molecule has 1 aromatic heterocycles. The molecule has 3 aromatic rings. The Balaban J connectivity index is 1.72. The molecule has 1 unspecified atom stereocenters. The Morgan fingerprint density at radius 3 is 2.48 bits per heavy atom. The van der Waals surface area contributed by atoms with Gasteiger partial charge in [0.05, 0.1) is 22.8 Å². The van der Waals surface area contributed by atoms with Crippen molar-refractivity contribution in [2.24, 2.45) is 0 Å². The molecule has 1 N–H and O–H groups in total. The zero-order valence-electron chi connectivity index (χ0n) is 12.5. The van der Waals surface area contributed by atoms with Crippen molar-refractivity contribution in [2.45, 2.75) is 13.0 Å². The van der Waals surface area contributed by atoms with Crippen LogP contribution < -0.4 is 5.32 Å². The van der Waals surface area contributed by atoms with Crippen molar-refractivity contribution in [3.8, 4) is 5.69 Å². The van der Waals surface area contributed by atoms with E-state index in [4.69, 9.17) is 0 Å². The molecule has 0 saturated heterocycles. The summed E-state index contributed by atoms with van der Waals surface area (Å²) >= 11 is 0. The van der Waals surface area contributed by atoms with Crippen molar-refractivity contribution in [3.05, 3.63) is 76.6 Å². The van der Waals surface area contributed by atoms with E-state index in [2.05, 4.69) is 15.6 Å². The molecule has 7 nitrogen and oxygen atoms in total. The molecule has 0 aliphatic rings. The average Bonchev–Trinajstić information content (AvgIpc) is 3.06. The molecule has 0 radical (unpaired) electrons. The predicted octanol–water partition coefficient (Wildman–Crippen LogP) is 3.35. The van der Waals surface area contributed by atoms with Crippen LogP contribution in [0.5, 0.6) is 0 Å². The molecule has 1 heterocycles. The van der Waals surface area contributed by atoms with E-state index in [1.807, 2.05) is 43.5 Å². The van der Waals surface area contributed by atoms with Crippen LogP contribution in [0.1, 0.15) is 18.7 Å². The lowest BCUT2D eigenvalue weighted by Crippen LogP contribution is -2.07. The predicted molar refractivity (Wildman–Crippen MR) is 86.5 cm³/mol. The highest BCUT2D eigenvalue weighted by Crippen LogP contribution is 2.20. The van der Waals surface area contributed by atoms with Crippen molar-refractivity contribution in [3.63, 3.8) is 0 Å². The van der Waals surface area contributed by atoms with Gasteiger partial charge < -0.3 is 5.32 Å². The van der Waals surface area contributed by atoms with Gasteiger partial charge in [0.15, 0.2) is 0 Å². The second kappa shape index (κ2) is 6.27. The molecule has 0 saturated carbocycles. The van der Waals surface area contributed by atoms with Gasteiger partial charge in [-0.25, -0.2) is 4.68 Å². The average molecular weight is 309 g/mol. The van der Waals surface area contributed by atoms with E-state index in [-0.39, 0.29) is 11.7 Å². The van der Waals surface area contributed by atoms with Gasteiger partial charge in [-0.1, -0.05) is 23.4 Å². The maximum atomic E-state index is 10.7. The number of benzene rings is 2. The molecule has 116 valence electrons.